The number of benzene rings is 3. The number of aryl methyl sites for hydroxylation is 1. The molecule has 0 aliphatic heterocycles. The van der Waals surface area contributed by atoms with Crippen LogP contribution in [0.2, 0.25) is 0 Å². The summed E-state index contributed by atoms with van der Waals surface area (Å²) in [6.07, 6.45) is -2.61. The fourth-order valence-corrected chi connectivity index (χ4v) is 5.02. The number of hydrogen-bond acceptors (Lipinski definition) is 5. The molecule has 0 aliphatic carbocycles. The van der Waals surface area contributed by atoms with E-state index in [1.165, 1.54) is 30.3 Å². The molecule has 3 aromatic carbocycles. The van der Waals surface area contributed by atoms with E-state index in [-0.39, 0.29) is 21.8 Å². The quantitative estimate of drug-likeness (QED) is 0.171. The van der Waals surface area contributed by atoms with Gasteiger partial charge >= 0.3 is 18.1 Å². The average Bonchev–Trinajstić information content (AvgIpc) is 3.19. The molecule has 0 spiro atoms. The topological polar surface area (TPSA) is 52.6 Å². The number of halogens is 3. The Kier molecular flexibility index (Phi) is 6.01. The third kappa shape index (κ3) is 4.20. The van der Waals surface area contributed by atoms with E-state index >= 15 is 0 Å². The fraction of sp³-hybridized carbons (Fsp3) is 0.0769. The second-order valence-corrected chi connectivity index (χ2v) is 8.33. The molecule has 0 saturated heterocycles. The minimum Gasteiger partial charge on any atom is -0.423 e. The van der Waals surface area contributed by atoms with Crippen LogP contribution in [0.3, 0.4) is 0 Å². The monoisotopic (exact) mass is 482 g/mol. The smallest absolute Gasteiger partial charge is 0.418 e. The van der Waals surface area contributed by atoms with Crippen molar-refractivity contribution in [2.24, 2.45) is 0 Å². The summed E-state index contributed by atoms with van der Waals surface area (Å²) in [4.78, 5) is 23.0. The van der Waals surface area contributed by atoms with Gasteiger partial charge in [-0.15, -0.1) is 11.3 Å². The minimum atomic E-state index is -4.63. The summed E-state index contributed by atoms with van der Waals surface area (Å²) in [5, 5.41) is 1.09. The molecule has 0 fully saturated rings. The van der Waals surface area contributed by atoms with Crippen molar-refractivity contribution < 1.29 is 32.2 Å². The SMILES string of the molecule is C=CC(=O)Oc1ccc(-c2ccc3c(sc4c(C)c(OC(=O)C=C)ccc43)c2C(F)(F)F)cc1. The first-order valence-electron chi connectivity index (χ1n) is 9.99. The molecule has 0 unspecified atom stereocenters. The number of carbonyl (C=O) groups is 2. The van der Waals surface area contributed by atoms with Crippen LogP contribution in [0, 0.1) is 6.92 Å². The van der Waals surface area contributed by atoms with Crippen molar-refractivity contribution in [3.8, 4) is 22.6 Å². The Morgan fingerprint density at radius 3 is 2.06 bits per heavy atom. The van der Waals surface area contributed by atoms with Gasteiger partial charge in [0.05, 0.1) is 5.56 Å². The van der Waals surface area contributed by atoms with Gasteiger partial charge in [-0.1, -0.05) is 37.4 Å². The van der Waals surface area contributed by atoms with Crippen LogP contribution in [0.25, 0.3) is 31.3 Å². The highest BCUT2D eigenvalue weighted by Crippen LogP contribution is 2.48. The number of ether oxygens (including phenoxy) is 2. The van der Waals surface area contributed by atoms with Gasteiger partial charge in [0.2, 0.25) is 0 Å². The Hall–Kier alpha value is -3.91. The molecule has 0 radical (unpaired) electrons. The maximum atomic E-state index is 14.3. The van der Waals surface area contributed by atoms with Crippen LogP contribution in [0.5, 0.6) is 11.5 Å². The van der Waals surface area contributed by atoms with Crippen molar-refractivity contribution in [1.29, 1.82) is 0 Å². The van der Waals surface area contributed by atoms with E-state index in [2.05, 4.69) is 13.2 Å². The molecule has 172 valence electrons. The zero-order chi connectivity index (χ0) is 24.6. The Labute approximate surface area is 196 Å². The van der Waals surface area contributed by atoms with Crippen molar-refractivity contribution in [3.05, 3.63) is 85.0 Å². The van der Waals surface area contributed by atoms with Gasteiger partial charge in [-0.05, 0) is 42.3 Å². The van der Waals surface area contributed by atoms with Gasteiger partial charge in [-0.2, -0.15) is 13.2 Å². The molecule has 1 heterocycles. The Balaban J connectivity index is 1.90. The molecule has 0 atom stereocenters. The first-order valence-corrected chi connectivity index (χ1v) is 10.8. The predicted molar refractivity (Wildman–Crippen MR) is 126 cm³/mol. The van der Waals surface area contributed by atoms with Crippen molar-refractivity contribution in [2.75, 3.05) is 0 Å². The van der Waals surface area contributed by atoms with Crippen molar-refractivity contribution in [3.63, 3.8) is 0 Å². The number of rotatable bonds is 5. The normalized spacial score (nSPS) is 11.4. The lowest BCUT2D eigenvalue weighted by atomic mass is 9.96. The van der Waals surface area contributed by atoms with E-state index < -0.39 is 23.7 Å². The van der Waals surface area contributed by atoms with Gasteiger partial charge in [-0.3, -0.25) is 0 Å². The van der Waals surface area contributed by atoms with Crippen LogP contribution < -0.4 is 9.47 Å². The molecule has 0 aliphatic rings. The van der Waals surface area contributed by atoms with Crippen molar-refractivity contribution in [1.82, 2.24) is 0 Å². The molecule has 0 bridgehead atoms. The summed E-state index contributed by atoms with van der Waals surface area (Å²) in [7, 11) is 0. The van der Waals surface area contributed by atoms with E-state index in [1.54, 1.807) is 25.1 Å². The van der Waals surface area contributed by atoms with Gasteiger partial charge in [0.1, 0.15) is 11.5 Å². The Morgan fingerprint density at radius 2 is 1.44 bits per heavy atom. The first-order chi connectivity index (χ1) is 16.1. The van der Waals surface area contributed by atoms with Crippen molar-refractivity contribution in [2.45, 2.75) is 13.1 Å². The van der Waals surface area contributed by atoms with Gasteiger partial charge in [0, 0.05) is 37.9 Å². The summed E-state index contributed by atoms with van der Waals surface area (Å²) < 4.78 is 53.9. The highest BCUT2D eigenvalue weighted by atomic mass is 32.1. The van der Waals surface area contributed by atoms with E-state index in [0.717, 1.165) is 23.5 Å². The predicted octanol–water partition coefficient (Wildman–Crippen LogP) is 7.23. The number of esters is 2. The molecule has 0 saturated carbocycles. The van der Waals surface area contributed by atoms with E-state index in [0.29, 0.717) is 26.6 Å². The maximum Gasteiger partial charge on any atom is 0.418 e. The summed E-state index contributed by atoms with van der Waals surface area (Å²) >= 11 is 0.996. The van der Waals surface area contributed by atoms with Crippen LogP contribution >= 0.6 is 11.3 Å². The van der Waals surface area contributed by atoms with E-state index in [9.17, 15) is 22.8 Å². The average molecular weight is 482 g/mol. The van der Waals surface area contributed by atoms with E-state index in [4.69, 9.17) is 9.47 Å². The maximum absolute atomic E-state index is 14.3. The lowest BCUT2D eigenvalue weighted by molar-refractivity contribution is -0.135. The van der Waals surface area contributed by atoms with Crippen LogP contribution in [-0.2, 0) is 15.8 Å². The van der Waals surface area contributed by atoms with Crippen LogP contribution in [0.15, 0.2) is 73.8 Å². The summed E-state index contributed by atoms with van der Waals surface area (Å²) in [5.41, 5.74) is 0.134. The number of carbonyl (C=O) groups excluding carboxylic acids is 2. The second-order valence-electron chi connectivity index (χ2n) is 7.30. The molecule has 1 aromatic heterocycles. The second kappa shape index (κ2) is 8.79. The van der Waals surface area contributed by atoms with Gasteiger partial charge < -0.3 is 9.47 Å². The fourth-order valence-electron chi connectivity index (χ4n) is 3.66. The molecule has 8 heteroatoms. The highest BCUT2D eigenvalue weighted by molar-refractivity contribution is 7.26. The Bertz CT molecular complexity index is 1460. The van der Waals surface area contributed by atoms with Crippen LogP contribution in [0.1, 0.15) is 11.1 Å². The molecule has 4 rings (SSSR count). The Morgan fingerprint density at radius 1 is 0.853 bits per heavy atom. The van der Waals surface area contributed by atoms with E-state index in [1.807, 2.05) is 0 Å². The molecular weight excluding hydrogens is 465 g/mol. The van der Waals surface area contributed by atoms with Gasteiger partial charge in [-0.25, -0.2) is 9.59 Å². The molecule has 0 N–H and O–H groups in total. The third-order valence-electron chi connectivity index (χ3n) is 5.22. The van der Waals surface area contributed by atoms with Gasteiger partial charge in [0.15, 0.2) is 0 Å². The molecule has 4 nitrogen and oxygen atoms in total. The number of hydrogen-bond donors (Lipinski definition) is 0. The third-order valence-corrected chi connectivity index (χ3v) is 6.58. The van der Waals surface area contributed by atoms with Crippen LogP contribution in [0.4, 0.5) is 13.2 Å². The summed E-state index contributed by atoms with van der Waals surface area (Å²) in [6, 6.07) is 12.1. The molecule has 0 amide bonds. The summed E-state index contributed by atoms with van der Waals surface area (Å²) in [5.74, 6) is -0.849. The zero-order valence-corrected chi connectivity index (χ0v) is 18.7. The van der Waals surface area contributed by atoms with Crippen molar-refractivity contribution >= 4 is 43.4 Å². The van der Waals surface area contributed by atoms with Gasteiger partial charge in [0.25, 0.3) is 0 Å². The van der Waals surface area contributed by atoms with Crippen LogP contribution in [-0.4, -0.2) is 11.9 Å². The number of fused-ring (bicyclic) bond motifs is 3. The lowest BCUT2D eigenvalue weighted by Gasteiger charge is -2.14. The molecule has 34 heavy (non-hydrogen) atoms. The molecule has 4 aromatic rings. The molecular formula is C26H17F3O4S. The standard InChI is InChI=1S/C26H17F3O4S/c1-4-21(30)32-16-8-6-15(7-9-16)17-10-11-19-18-12-13-20(33-22(31)5-2)14(3)24(18)34-25(19)23(17)26(27,28)29/h4-13H,1-2H2,3H3. The highest BCUT2D eigenvalue weighted by Gasteiger charge is 2.37. The lowest BCUT2D eigenvalue weighted by Crippen LogP contribution is -2.07. The largest absolute Gasteiger partial charge is 0.423 e. The number of alkyl halides is 3. The number of thiophene rings is 1. The first kappa shape index (κ1) is 23.3. The summed E-state index contributed by atoms with van der Waals surface area (Å²) in [6.45, 7) is 8.36. The zero-order valence-electron chi connectivity index (χ0n) is 17.9. The minimum absolute atomic E-state index is 0.00381.